The lowest BCUT2D eigenvalue weighted by Crippen LogP contribution is -2.48. The Morgan fingerprint density at radius 1 is 1.33 bits per heavy atom. The van der Waals surface area contributed by atoms with Gasteiger partial charge in [0, 0.05) is 31.7 Å². The molecule has 24 heavy (non-hydrogen) atoms. The number of hydrogen-bond donors (Lipinski definition) is 1. The first-order valence-electron chi connectivity index (χ1n) is 8.60. The number of para-hydroxylation sites is 1. The summed E-state index contributed by atoms with van der Waals surface area (Å²) in [6, 6.07) is 7.34. The molecule has 1 unspecified atom stereocenters. The molecular formula is C18H27N3O3. The molecule has 6 nitrogen and oxygen atoms in total. The Bertz CT molecular complexity index is 576. The SMILES string of the molecule is CCOc1ccccc1CN(CC)C(=O)C1CCCN(C(N)=O)C1. The lowest BCUT2D eigenvalue weighted by Gasteiger charge is -2.34. The highest BCUT2D eigenvalue weighted by Gasteiger charge is 2.30. The molecule has 1 aromatic carbocycles. The van der Waals surface area contributed by atoms with Gasteiger partial charge in [-0.25, -0.2) is 4.79 Å². The average molecular weight is 333 g/mol. The number of ether oxygens (including phenoxy) is 1. The number of carbonyl (C=O) groups excluding carboxylic acids is 2. The van der Waals surface area contributed by atoms with Gasteiger partial charge in [-0.1, -0.05) is 18.2 Å². The van der Waals surface area contributed by atoms with E-state index in [4.69, 9.17) is 10.5 Å². The van der Waals surface area contributed by atoms with E-state index in [1.807, 2.05) is 43.0 Å². The Labute approximate surface area is 143 Å². The minimum Gasteiger partial charge on any atom is -0.494 e. The number of hydrogen-bond acceptors (Lipinski definition) is 3. The van der Waals surface area contributed by atoms with Crippen LogP contribution in [0.15, 0.2) is 24.3 Å². The first-order chi connectivity index (χ1) is 11.6. The van der Waals surface area contributed by atoms with Crippen LogP contribution in [-0.4, -0.2) is 48.0 Å². The van der Waals surface area contributed by atoms with Crippen molar-refractivity contribution in [3.05, 3.63) is 29.8 Å². The van der Waals surface area contributed by atoms with Crippen molar-refractivity contribution in [1.29, 1.82) is 0 Å². The predicted octanol–water partition coefficient (Wildman–Crippen LogP) is 2.22. The second-order valence-electron chi connectivity index (χ2n) is 6.02. The third kappa shape index (κ3) is 4.40. The quantitative estimate of drug-likeness (QED) is 0.867. The van der Waals surface area contributed by atoms with Crippen molar-refractivity contribution in [3.63, 3.8) is 0 Å². The van der Waals surface area contributed by atoms with E-state index in [1.165, 1.54) is 0 Å². The van der Waals surface area contributed by atoms with E-state index >= 15 is 0 Å². The molecule has 2 N–H and O–H groups in total. The maximum absolute atomic E-state index is 12.9. The Hall–Kier alpha value is -2.24. The van der Waals surface area contributed by atoms with Crippen molar-refractivity contribution < 1.29 is 14.3 Å². The van der Waals surface area contributed by atoms with Gasteiger partial charge in [-0.15, -0.1) is 0 Å². The maximum atomic E-state index is 12.9. The van der Waals surface area contributed by atoms with Crippen LogP contribution in [0.25, 0.3) is 0 Å². The lowest BCUT2D eigenvalue weighted by atomic mass is 9.96. The molecule has 1 aliphatic heterocycles. The first kappa shape index (κ1) is 18.1. The lowest BCUT2D eigenvalue weighted by molar-refractivity contribution is -0.137. The Balaban J connectivity index is 2.08. The van der Waals surface area contributed by atoms with Crippen molar-refractivity contribution in [2.24, 2.45) is 11.7 Å². The molecule has 0 radical (unpaired) electrons. The summed E-state index contributed by atoms with van der Waals surface area (Å²) in [6.45, 7) is 6.68. The molecule has 1 saturated heterocycles. The van der Waals surface area contributed by atoms with Gasteiger partial charge >= 0.3 is 6.03 Å². The normalized spacial score (nSPS) is 17.4. The third-order valence-corrected chi connectivity index (χ3v) is 4.41. The molecule has 0 aliphatic carbocycles. The van der Waals surface area contributed by atoms with E-state index in [0.29, 0.717) is 32.8 Å². The minimum absolute atomic E-state index is 0.0785. The second-order valence-corrected chi connectivity index (χ2v) is 6.02. The van der Waals surface area contributed by atoms with Gasteiger partial charge in [0.25, 0.3) is 0 Å². The summed E-state index contributed by atoms with van der Waals surface area (Å²) in [7, 11) is 0. The van der Waals surface area contributed by atoms with Crippen LogP contribution in [0.5, 0.6) is 5.75 Å². The Morgan fingerprint density at radius 3 is 2.75 bits per heavy atom. The standard InChI is InChI=1S/C18H27N3O3/c1-3-20(12-14-8-5-6-10-16(14)24-4-2)17(22)15-9-7-11-21(13-15)18(19)23/h5-6,8,10,15H,3-4,7,9,11-13H2,1-2H3,(H2,19,23). The van der Waals surface area contributed by atoms with Crippen LogP contribution in [0.2, 0.25) is 0 Å². The summed E-state index contributed by atoms with van der Waals surface area (Å²) < 4.78 is 5.65. The molecule has 1 aromatic rings. The van der Waals surface area contributed by atoms with E-state index < -0.39 is 6.03 Å². The van der Waals surface area contributed by atoms with Gasteiger partial charge in [-0.2, -0.15) is 0 Å². The first-order valence-corrected chi connectivity index (χ1v) is 8.60. The minimum atomic E-state index is -0.447. The number of carbonyl (C=O) groups is 2. The maximum Gasteiger partial charge on any atom is 0.314 e. The zero-order valence-corrected chi connectivity index (χ0v) is 14.5. The summed E-state index contributed by atoms with van der Waals surface area (Å²) in [6.07, 6.45) is 1.61. The van der Waals surface area contributed by atoms with Crippen molar-refractivity contribution in [1.82, 2.24) is 9.80 Å². The number of rotatable bonds is 6. The molecule has 1 aliphatic rings. The number of piperidine rings is 1. The summed E-state index contributed by atoms with van der Waals surface area (Å²) in [4.78, 5) is 27.6. The Morgan fingerprint density at radius 2 is 2.08 bits per heavy atom. The van der Waals surface area contributed by atoms with Gasteiger partial charge < -0.3 is 20.3 Å². The van der Waals surface area contributed by atoms with E-state index in [1.54, 1.807) is 4.90 Å². The molecule has 2 rings (SSSR count). The zero-order chi connectivity index (χ0) is 17.5. The molecule has 0 bridgehead atoms. The van der Waals surface area contributed by atoms with Crippen molar-refractivity contribution >= 4 is 11.9 Å². The predicted molar refractivity (Wildman–Crippen MR) is 92.6 cm³/mol. The fraction of sp³-hybridized carbons (Fsp3) is 0.556. The number of nitrogens with zero attached hydrogens (tertiary/aromatic N) is 2. The van der Waals surface area contributed by atoms with E-state index in [9.17, 15) is 9.59 Å². The average Bonchev–Trinajstić information content (AvgIpc) is 2.60. The fourth-order valence-electron chi connectivity index (χ4n) is 3.12. The highest BCUT2D eigenvalue weighted by molar-refractivity contribution is 5.80. The Kier molecular flexibility index (Phi) is 6.46. The van der Waals surface area contributed by atoms with E-state index in [2.05, 4.69) is 0 Å². The van der Waals surface area contributed by atoms with Crippen molar-refractivity contribution in [2.45, 2.75) is 33.2 Å². The molecule has 1 fully saturated rings. The largest absolute Gasteiger partial charge is 0.494 e. The van der Waals surface area contributed by atoms with Gasteiger partial charge in [-0.3, -0.25) is 4.79 Å². The molecule has 6 heteroatoms. The van der Waals surface area contributed by atoms with E-state index in [0.717, 1.165) is 24.2 Å². The van der Waals surface area contributed by atoms with Crippen LogP contribution < -0.4 is 10.5 Å². The molecule has 3 amide bonds. The van der Waals surface area contributed by atoms with Crippen molar-refractivity contribution in [3.8, 4) is 5.75 Å². The van der Waals surface area contributed by atoms with Crippen LogP contribution in [-0.2, 0) is 11.3 Å². The number of amides is 3. The zero-order valence-electron chi connectivity index (χ0n) is 14.5. The smallest absolute Gasteiger partial charge is 0.314 e. The summed E-state index contributed by atoms with van der Waals surface area (Å²) in [5, 5.41) is 0. The monoisotopic (exact) mass is 333 g/mol. The van der Waals surface area contributed by atoms with Crippen molar-refractivity contribution in [2.75, 3.05) is 26.2 Å². The molecular weight excluding hydrogens is 306 g/mol. The fourth-order valence-corrected chi connectivity index (χ4v) is 3.12. The molecule has 0 spiro atoms. The van der Waals surface area contributed by atoms with Crippen LogP contribution in [0.4, 0.5) is 4.79 Å². The topological polar surface area (TPSA) is 75.9 Å². The molecule has 0 aromatic heterocycles. The van der Waals surface area contributed by atoms with Gasteiger partial charge in [0.1, 0.15) is 5.75 Å². The number of benzene rings is 1. The van der Waals surface area contributed by atoms with Gasteiger partial charge in [0.05, 0.1) is 12.5 Å². The number of likely N-dealkylation sites (tertiary alicyclic amines) is 1. The molecule has 1 atom stereocenters. The van der Waals surface area contributed by atoms with Gasteiger partial charge in [0.15, 0.2) is 0 Å². The van der Waals surface area contributed by atoms with Gasteiger partial charge in [-0.05, 0) is 32.8 Å². The number of urea groups is 1. The molecule has 1 heterocycles. The van der Waals surface area contributed by atoms with Crippen LogP contribution in [0, 0.1) is 5.92 Å². The summed E-state index contributed by atoms with van der Waals surface area (Å²) >= 11 is 0. The number of primary amides is 1. The highest BCUT2D eigenvalue weighted by Crippen LogP contribution is 2.23. The molecule has 132 valence electrons. The van der Waals surface area contributed by atoms with Crippen LogP contribution in [0.3, 0.4) is 0 Å². The summed E-state index contributed by atoms with van der Waals surface area (Å²) in [5.74, 6) is 0.717. The summed E-state index contributed by atoms with van der Waals surface area (Å²) in [5.41, 5.74) is 6.36. The van der Waals surface area contributed by atoms with E-state index in [-0.39, 0.29) is 11.8 Å². The number of nitrogens with two attached hydrogens (primary N) is 1. The van der Waals surface area contributed by atoms with Crippen LogP contribution in [0.1, 0.15) is 32.3 Å². The highest BCUT2D eigenvalue weighted by atomic mass is 16.5. The van der Waals surface area contributed by atoms with Crippen LogP contribution >= 0.6 is 0 Å². The second kappa shape index (κ2) is 8.57. The third-order valence-electron chi connectivity index (χ3n) is 4.41. The molecule has 0 saturated carbocycles. The van der Waals surface area contributed by atoms with Gasteiger partial charge in [0.2, 0.25) is 5.91 Å².